The first-order valence-electron chi connectivity index (χ1n) is 9.19. The zero-order valence-corrected chi connectivity index (χ0v) is 15.5. The van der Waals surface area contributed by atoms with E-state index in [-0.39, 0.29) is 23.6 Å². The van der Waals surface area contributed by atoms with E-state index in [0.29, 0.717) is 27.7 Å². The molecule has 1 aliphatic rings. The van der Waals surface area contributed by atoms with Crippen LogP contribution in [0.3, 0.4) is 0 Å². The van der Waals surface area contributed by atoms with Crippen LogP contribution >= 0.6 is 0 Å². The molecule has 11 nitrogen and oxygen atoms in total. The predicted octanol–water partition coefficient (Wildman–Crippen LogP) is 0.0724. The van der Waals surface area contributed by atoms with Crippen molar-refractivity contribution in [3.05, 3.63) is 63.0 Å². The number of nitrogens with zero attached hydrogens (tertiary/aromatic N) is 6. The number of rotatable bonds is 4. The Balaban J connectivity index is 1.70. The van der Waals surface area contributed by atoms with E-state index in [2.05, 4.69) is 41.4 Å². The molecule has 0 radical (unpaired) electrons. The fraction of sp³-hybridized carbons (Fsp3) is 0.158. The number of nitriles is 1. The molecule has 0 amide bonds. The van der Waals surface area contributed by atoms with Crippen molar-refractivity contribution < 1.29 is 5.11 Å². The maximum atomic E-state index is 11.4. The molecule has 4 N–H and O–H groups in total. The van der Waals surface area contributed by atoms with Gasteiger partial charge in [0.1, 0.15) is 11.8 Å². The lowest BCUT2D eigenvalue weighted by molar-refractivity contribution is 0.454. The van der Waals surface area contributed by atoms with Gasteiger partial charge in [0.05, 0.1) is 23.5 Å². The highest BCUT2D eigenvalue weighted by molar-refractivity contribution is 5.64. The highest BCUT2D eigenvalue weighted by Crippen LogP contribution is 2.22. The van der Waals surface area contributed by atoms with Gasteiger partial charge in [-0.1, -0.05) is 12.1 Å². The number of fused-ring (bicyclic) bond motifs is 1. The lowest BCUT2D eigenvalue weighted by Crippen LogP contribution is -2.24. The summed E-state index contributed by atoms with van der Waals surface area (Å²) in [6.45, 7) is 0. The van der Waals surface area contributed by atoms with Crippen LogP contribution in [-0.4, -0.2) is 40.7 Å². The van der Waals surface area contributed by atoms with Gasteiger partial charge in [-0.15, -0.1) is 0 Å². The van der Waals surface area contributed by atoms with Gasteiger partial charge in [-0.05, 0) is 31.1 Å². The Kier molecular flexibility index (Phi) is 4.03. The molecule has 0 saturated heterocycles. The number of imidazole rings is 1. The van der Waals surface area contributed by atoms with Crippen molar-refractivity contribution in [2.75, 3.05) is 5.32 Å². The quantitative estimate of drug-likeness (QED) is 0.376. The van der Waals surface area contributed by atoms with Crippen LogP contribution in [-0.2, 0) is 0 Å². The fourth-order valence-corrected chi connectivity index (χ4v) is 2.95. The van der Waals surface area contributed by atoms with Gasteiger partial charge in [-0.25, -0.2) is 9.79 Å². The Labute approximate surface area is 168 Å². The molecule has 1 aromatic carbocycles. The molecule has 11 heteroatoms. The summed E-state index contributed by atoms with van der Waals surface area (Å²) in [6, 6.07) is 9.36. The van der Waals surface area contributed by atoms with Gasteiger partial charge in [0, 0.05) is 5.22 Å². The standard InChI is InChI=1S/C19H15N9O2/c20-8-10-3-1-2-4-13(10)23-17-25-15-11(7-14-16(29)26-19(30)24-14)9-21-28(15)18(27-17)22-12-5-6-12/h1-4,7,9,12,29H,5-6H2,(H,22,23,27)(H2,24,26,30)/b11-7-. The number of aromatic hydroxyl groups is 1. The smallest absolute Gasteiger partial charge is 0.326 e. The van der Waals surface area contributed by atoms with Crippen LogP contribution < -0.4 is 21.8 Å². The van der Waals surface area contributed by atoms with Crippen molar-refractivity contribution in [3.63, 3.8) is 0 Å². The zero-order chi connectivity index (χ0) is 20.7. The van der Waals surface area contributed by atoms with E-state index in [1.807, 2.05) is 0 Å². The molecule has 0 aliphatic heterocycles. The van der Waals surface area contributed by atoms with Crippen molar-refractivity contribution in [2.45, 2.75) is 18.9 Å². The zero-order valence-electron chi connectivity index (χ0n) is 15.5. The van der Waals surface area contributed by atoms with E-state index < -0.39 is 5.69 Å². The van der Waals surface area contributed by atoms with Crippen LogP contribution in [0.5, 0.6) is 5.88 Å². The monoisotopic (exact) mass is 401 g/mol. The van der Waals surface area contributed by atoms with Crippen molar-refractivity contribution in [2.24, 2.45) is 4.99 Å². The van der Waals surface area contributed by atoms with E-state index in [4.69, 9.17) is 0 Å². The highest BCUT2D eigenvalue weighted by Gasteiger charge is 2.21. The van der Waals surface area contributed by atoms with Crippen molar-refractivity contribution >= 4 is 23.4 Å². The second kappa shape index (κ2) is 6.85. The maximum Gasteiger partial charge on any atom is 0.326 e. The number of aromatic nitrogens is 6. The van der Waals surface area contributed by atoms with Crippen molar-refractivity contribution in [3.8, 4) is 11.9 Å². The molecule has 0 atom stereocenters. The second-order valence-corrected chi connectivity index (χ2v) is 6.81. The fourth-order valence-electron chi connectivity index (χ4n) is 2.95. The maximum absolute atomic E-state index is 11.4. The van der Waals surface area contributed by atoms with Gasteiger partial charge in [-0.3, -0.25) is 4.98 Å². The highest BCUT2D eigenvalue weighted by atomic mass is 16.3. The summed E-state index contributed by atoms with van der Waals surface area (Å²) >= 11 is 0. The van der Waals surface area contributed by atoms with E-state index >= 15 is 0 Å². The molecule has 148 valence electrons. The molecule has 3 aromatic heterocycles. The molecule has 0 unspecified atom stereocenters. The summed E-state index contributed by atoms with van der Waals surface area (Å²) in [7, 11) is 0. The number of benzene rings is 1. The average molecular weight is 401 g/mol. The summed E-state index contributed by atoms with van der Waals surface area (Å²) in [5.41, 5.74) is 1.52. The molecule has 1 fully saturated rings. The summed E-state index contributed by atoms with van der Waals surface area (Å²) in [4.78, 5) is 29.8. The molecule has 1 saturated carbocycles. The molecule has 3 heterocycles. The number of H-pyrrole nitrogens is 2. The largest absolute Gasteiger partial charge is 0.493 e. The first kappa shape index (κ1) is 17.6. The number of hydrogen-bond acceptors (Lipinski definition) is 8. The molecule has 4 aromatic rings. The predicted molar refractivity (Wildman–Crippen MR) is 106 cm³/mol. The summed E-state index contributed by atoms with van der Waals surface area (Å²) < 4.78 is 1.51. The lowest BCUT2D eigenvalue weighted by atomic mass is 10.2. The number of anilines is 2. The first-order chi connectivity index (χ1) is 14.6. The number of nitrogens with one attached hydrogen (secondary N) is 3. The van der Waals surface area contributed by atoms with E-state index in [1.54, 1.807) is 36.5 Å². The van der Waals surface area contributed by atoms with E-state index in [0.717, 1.165) is 12.8 Å². The third kappa shape index (κ3) is 3.26. The molecule has 0 spiro atoms. The Hall–Kier alpha value is -4.46. The van der Waals surface area contributed by atoms with Crippen LogP contribution in [0.4, 0.5) is 11.6 Å². The van der Waals surface area contributed by atoms with Crippen LogP contribution in [0.2, 0.25) is 0 Å². The lowest BCUT2D eigenvalue weighted by Gasteiger charge is -2.06. The van der Waals surface area contributed by atoms with Gasteiger partial charge in [0.25, 0.3) is 5.62 Å². The summed E-state index contributed by atoms with van der Waals surface area (Å²) in [5.74, 6) is -0.0240. The third-order valence-electron chi connectivity index (χ3n) is 4.55. The Morgan fingerprint density at radius 2 is 2.13 bits per heavy atom. The van der Waals surface area contributed by atoms with Crippen LogP contribution in [0.15, 0.2) is 40.2 Å². The number of para-hydroxylation sites is 1. The molecular weight excluding hydrogens is 386 g/mol. The van der Waals surface area contributed by atoms with Gasteiger partial charge in [0.15, 0.2) is 5.65 Å². The molecular formula is C19H15N9O2. The van der Waals surface area contributed by atoms with E-state index in [9.17, 15) is 15.2 Å². The van der Waals surface area contributed by atoms with Crippen molar-refractivity contribution in [1.82, 2.24) is 29.5 Å². The minimum atomic E-state index is -0.523. The van der Waals surface area contributed by atoms with Gasteiger partial charge in [0.2, 0.25) is 11.8 Å². The van der Waals surface area contributed by atoms with Gasteiger partial charge in [-0.2, -0.15) is 24.8 Å². The number of hydrogen-bond donors (Lipinski definition) is 4. The molecule has 30 heavy (non-hydrogen) atoms. The topological polar surface area (TPSA) is 160 Å². The average Bonchev–Trinajstić information content (AvgIpc) is 3.37. The van der Waals surface area contributed by atoms with Crippen LogP contribution in [0.1, 0.15) is 24.1 Å². The Bertz CT molecular complexity index is 1480. The number of aromatic amines is 2. The first-order valence-corrected chi connectivity index (χ1v) is 9.19. The minimum Gasteiger partial charge on any atom is -0.493 e. The van der Waals surface area contributed by atoms with Crippen LogP contribution in [0, 0.1) is 11.3 Å². The Morgan fingerprint density at radius 3 is 2.87 bits per heavy atom. The molecule has 0 bridgehead atoms. The summed E-state index contributed by atoms with van der Waals surface area (Å²) in [6.07, 6.45) is 5.08. The second-order valence-electron chi connectivity index (χ2n) is 6.81. The van der Waals surface area contributed by atoms with E-state index in [1.165, 1.54) is 4.52 Å². The SMILES string of the molecule is N#Cc1ccccc1Nc1nc(=NC2CC2)n2nc/c(=C/c3[nH]c(=O)[nH]c3O)c2n1. The van der Waals surface area contributed by atoms with Gasteiger partial charge >= 0.3 is 5.69 Å². The minimum absolute atomic E-state index is 0.198. The Morgan fingerprint density at radius 1 is 1.30 bits per heavy atom. The summed E-state index contributed by atoms with van der Waals surface area (Å²) in [5, 5.41) is 27.1. The normalized spacial score (nSPS) is 14.9. The molecule has 5 rings (SSSR count). The molecule has 1 aliphatic carbocycles. The van der Waals surface area contributed by atoms with Gasteiger partial charge < -0.3 is 15.4 Å². The van der Waals surface area contributed by atoms with Crippen molar-refractivity contribution in [1.29, 1.82) is 5.26 Å². The third-order valence-corrected chi connectivity index (χ3v) is 4.55. The van der Waals surface area contributed by atoms with Crippen LogP contribution in [0.25, 0.3) is 11.7 Å².